The SMILES string of the molecule is C[C@H](NC(=O)CSc1nnc(NC2CCCCC2)s1)c1ccco1. The summed E-state index contributed by atoms with van der Waals surface area (Å²) in [6, 6.07) is 4.05. The Balaban J connectivity index is 1.42. The van der Waals surface area contributed by atoms with Crippen LogP contribution in [0.5, 0.6) is 0 Å². The van der Waals surface area contributed by atoms with Crippen LogP contribution < -0.4 is 10.6 Å². The zero-order chi connectivity index (χ0) is 16.8. The second-order valence-electron chi connectivity index (χ2n) is 5.95. The molecule has 0 saturated heterocycles. The van der Waals surface area contributed by atoms with E-state index in [1.54, 1.807) is 6.26 Å². The Morgan fingerprint density at radius 1 is 1.42 bits per heavy atom. The summed E-state index contributed by atoms with van der Waals surface area (Å²) in [6.45, 7) is 1.90. The van der Waals surface area contributed by atoms with Crippen LogP contribution in [0.4, 0.5) is 5.13 Å². The predicted octanol–water partition coefficient (Wildman–Crippen LogP) is 3.85. The van der Waals surface area contributed by atoms with Gasteiger partial charge < -0.3 is 15.1 Å². The minimum Gasteiger partial charge on any atom is -0.467 e. The van der Waals surface area contributed by atoms with Gasteiger partial charge in [-0.3, -0.25) is 4.79 Å². The van der Waals surface area contributed by atoms with Crippen LogP contribution in [-0.2, 0) is 4.79 Å². The number of aromatic nitrogens is 2. The zero-order valence-corrected chi connectivity index (χ0v) is 15.3. The highest BCUT2D eigenvalue weighted by atomic mass is 32.2. The molecular weight excluding hydrogens is 344 g/mol. The molecule has 0 aromatic carbocycles. The fraction of sp³-hybridized carbons (Fsp3) is 0.562. The summed E-state index contributed by atoms with van der Waals surface area (Å²) in [6.07, 6.45) is 7.91. The van der Waals surface area contributed by atoms with Crippen molar-refractivity contribution in [3.8, 4) is 0 Å². The first-order valence-corrected chi connectivity index (χ1v) is 10.1. The molecule has 2 N–H and O–H groups in total. The van der Waals surface area contributed by atoms with Gasteiger partial charge in [0, 0.05) is 6.04 Å². The lowest BCUT2D eigenvalue weighted by Gasteiger charge is -2.21. The Labute approximate surface area is 149 Å². The van der Waals surface area contributed by atoms with Gasteiger partial charge in [-0.2, -0.15) is 0 Å². The fourth-order valence-corrected chi connectivity index (χ4v) is 4.41. The first-order valence-electron chi connectivity index (χ1n) is 8.26. The monoisotopic (exact) mass is 366 g/mol. The van der Waals surface area contributed by atoms with Gasteiger partial charge in [-0.25, -0.2) is 0 Å². The van der Waals surface area contributed by atoms with Gasteiger partial charge in [-0.05, 0) is 31.9 Å². The molecule has 0 spiro atoms. The highest BCUT2D eigenvalue weighted by molar-refractivity contribution is 8.01. The lowest BCUT2D eigenvalue weighted by atomic mass is 9.96. The molecule has 1 aliphatic rings. The van der Waals surface area contributed by atoms with Crippen LogP contribution >= 0.6 is 23.1 Å². The van der Waals surface area contributed by atoms with E-state index in [0.29, 0.717) is 11.8 Å². The van der Waals surface area contributed by atoms with Crippen molar-refractivity contribution in [3.63, 3.8) is 0 Å². The number of carbonyl (C=O) groups is 1. The molecule has 3 rings (SSSR count). The molecule has 1 atom stereocenters. The Kier molecular flexibility index (Phi) is 6.14. The standard InChI is InChI=1S/C16H22N4O2S2/c1-11(13-8-5-9-22-13)17-14(21)10-23-16-20-19-15(24-16)18-12-6-3-2-4-7-12/h5,8-9,11-12H,2-4,6-7,10H2,1H3,(H,17,21)(H,18,19)/t11-/m0/s1. The summed E-state index contributed by atoms with van der Waals surface area (Å²) in [7, 11) is 0. The van der Waals surface area contributed by atoms with Gasteiger partial charge in [0.05, 0.1) is 18.1 Å². The van der Waals surface area contributed by atoms with Gasteiger partial charge >= 0.3 is 0 Å². The molecule has 24 heavy (non-hydrogen) atoms. The maximum Gasteiger partial charge on any atom is 0.231 e. The number of furan rings is 1. The predicted molar refractivity (Wildman–Crippen MR) is 96.4 cm³/mol. The molecule has 2 aromatic rings. The number of amides is 1. The third-order valence-electron chi connectivity index (χ3n) is 4.01. The van der Waals surface area contributed by atoms with Crippen LogP contribution in [0, 0.1) is 0 Å². The topological polar surface area (TPSA) is 80.0 Å². The average Bonchev–Trinajstić information content (AvgIpc) is 3.26. The van der Waals surface area contributed by atoms with E-state index < -0.39 is 0 Å². The molecule has 2 heterocycles. The van der Waals surface area contributed by atoms with Crippen LogP contribution in [-0.4, -0.2) is 27.9 Å². The van der Waals surface area contributed by atoms with E-state index in [1.807, 2.05) is 19.1 Å². The van der Waals surface area contributed by atoms with Gasteiger partial charge in [0.2, 0.25) is 11.0 Å². The van der Waals surface area contributed by atoms with Crippen LogP contribution in [0.1, 0.15) is 50.8 Å². The lowest BCUT2D eigenvalue weighted by molar-refractivity contribution is -0.119. The highest BCUT2D eigenvalue weighted by Gasteiger charge is 2.16. The van der Waals surface area contributed by atoms with Crippen molar-refractivity contribution in [2.75, 3.05) is 11.1 Å². The molecule has 8 heteroatoms. The average molecular weight is 367 g/mol. The summed E-state index contributed by atoms with van der Waals surface area (Å²) in [4.78, 5) is 12.0. The number of thioether (sulfide) groups is 1. The number of nitrogens with zero attached hydrogens (tertiary/aromatic N) is 2. The van der Waals surface area contributed by atoms with Crippen molar-refractivity contribution in [1.29, 1.82) is 0 Å². The number of rotatable bonds is 7. The molecule has 1 amide bonds. The molecule has 130 valence electrons. The van der Waals surface area contributed by atoms with Crippen molar-refractivity contribution in [2.45, 2.75) is 55.5 Å². The molecule has 0 bridgehead atoms. The first kappa shape index (κ1) is 17.3. The fourth-order valence-electron chi connectivity index (χ4n) is 2.77. The number of hydrogen-bond donors (Lipinski definition) is 2. The Morgan fingerprint density at radius 2 is 2.25 bits per heavy atom. The molecular formula is C16H22N4O2S2. The Hall–Kier alpha value is -1.54. The molecule has 1 fully saturated rings. The van der Waals surface area contributed by atoms with Gasteiger partial charge in [0.15, 0.2) is 4.34 Å². The van der Waals surface area contributed by atoms with Gasteiger partial charge in [0.25, 0.3) is 0 Å². The molecule has 0 aliphatic heterocycles. The lowest BCUT2D eigenvalue weighted by Crippen LogP contribution is -2.27. The van der Waals surface area contributed by atoms with Crippen molar-refractivity contribution in [1.82, 2.24) is 15.5 Å². The van der Waals surface area contributed by atoms with Crippen LogP contribution in [0.25, 0.3) is 0 Å². The molecule has 1 aliphatic carbocycles. The van der Waals surface area contributed by atoms with Gasteiger partial charge in [0.1, 0.15) is 5.76 Å². The zero-order valence-electron chi connectivity index (χ0n) is 13.7. The Bertz CT molecular complexity index is 638. The highest BCUT2D eigenvalue weighted by Crippen LogP contribution is 2.28. The summed E-state index contributed by atoms with van der Waals surface area (Å²) < 4.78 is 6.10. The summed E-state index contributed by atoms with van der Waals surface area (Å²) in [5, 5.41) is 15.6. The maximum atomic E-state index is 12.0. The largest absolute Gasteiger partial charge is 0.467 e. The summed E-state index contributed by atoms with van der Waals surface area (Å²) >= 11 is 2.93. The van der Waals surface area contributed by atoms with Crippen molar-refractivity contribution < 1.29 is 9.21 Å². The molecule has 6 nitrogen and oxygen atoms in total. The second-order valence-corrected chi connectivity index (χ2v) is 8.15. The summed E-state index contributed by atoms with van der Waals surface area (Å²) in [5.74, 6) is 1.03. The third-order valence-corrected chi connectivity index (χ3v) is 6.00. The normalized spacial score (nSPS) is 16.7. The van der Waals surface area contributed by atoms with E-state index in [9.17, 15) is 4.79 Å². The number of hydrogen-bond acceptors (Lipinski definition) is 7. The molecule has 2 aromatic heterocycles. The molecule has 1 saturated carbocycles. The van der Waals surface area contributed by atoms with Crippen LogP contribution in [0.2, 0.25) is 0 Å². The van der Waals surface area contributed by atoms with E-state index in [4.69, 9.17) is 4.42 Å². The quantitative estimate of drug-likeness (QED) is 0.725. The van der Waals surface area contributed by atoms with E-state index in [1.165, 1.54) is 55.2 Å². The molecule has 0 unspecified atom stereocenters. The van der Waals surface area contributed by atoms with Gasteiger partial charge in [-0.1, -0.05) is 42.4 Å². The van der Waals surface area contributed by atoms with Crippen LogP contribution in [0.3, 0.4) is 0 Å². The van der Waals surface area contributed by atoms with E-state index >= 15 is 0 Å². The first-order chi connectivity index (χ1) is 11.7. The second kappa shape index (κ2) is 8.53. The molecule has 0 radical (unpaired) electrons. The summed E-state index contributed by atoms with van der Waals surface area (Å²) in [5.41, 5.74) is 0. The third kappa shape index (κ3) is 4.98. The minimum absolute atomic E-state index is 0.0408. The van der Waals surface area contributed by atoms with Gasteiger partial charge in [-0.15, -0.1) is 10.2 Å². The van der Waals surface area contributed by atoms with E-state index in [2.05, 4.69) is 20.8 Å². The van der Waals surface area contributed by atoms with Crippen molar-refractivity contribution in [2.24, 2.45) is 0 Å². The Morgan fingerprint density at radius 3 is 3.00 bits per heavy atom. The van der Waals surface area contributed by atoms with E-state index in [-0.39, 0.29) is 11.9 Å². The smallest absolute Gasteiger partial charge is 0.231 e. The minimum atomic E-state index is -0.133. The van der Waals surface area contributed by atoms with Crippen molar-refractivity contribution >= 4 is 34.1 Å². The van der Waals surface area contributed by atoms with Crippen LogP contribution in [0.15, 0.2) is 27.2 Å². The number of anilines is 1. The number of carbonyl (C=O) groups excluding carboxylic acids is 1. The maximum absolute atomic E-state index is 12.0. The van der Waals surface area contributed by atoms with E-state index in [0.717, 1.165) is 15.2 Å². The number of nitrogens with one attached hydrogen (secondary N) is 2. The van der Waals surface area contributed by atoms with Crippen molar-refractivity contribution in [3.05, 3.63) is 24.2 Å².